The van der Waals surface area contributed by atoms with Gasteiger partial charge in [-0.1, -0.05) is 0 Å². The van der Waals surface area contributed by atoms with Crippen molar-refractivity contribution < 1.29 is 4.74 Å². The van der Waals surface area contributed by atoms with Gasteiger partial charge in [0.15, 0.2) is 5.82 Å². The van der Waals surface area contributed by atoms with Crippen molar-refractivity contribution in [1.29, 1.82) is 0 Å². The lowest BCUT2D eigenvalue weighted by molar-refractivity contribution is 0.234. The van der Waals surface area contributed by atoms with E-state index in [1.165, 1.54) is 25.7 Å². The molecular weight excluding hydrogens is 254 g/mol. The number of nitrogens with zero attached hydrogens (tertiary/aromatic N) is 4. The van der Waals surface area contributed by atoms with Gasteiger partial charge in [-0.3, -0.25) is 0 Å². The van der Waals surface area contributed by atoms with E-state index in [9.17, 15) is 0 Å². The number of nitrogen functional groups attached to an aromatic ring is 1. The van der Waals surface area contributed by atoms with E-state index in [-0.39, 0.29) is 6.10 Å². The van der Waals surface area contributed by atoms with E-state index in [0.717, 1.165) is 12.4 Å². The van der Waals surface area contributed by atoms with Crippen molar-refractivity contribution in [3.63, 3.8) is 0 Å². The molecule has 0 aromatic carbocycles. The van der Waals surface area contributed by atoms with Crippen LogP contribution < -0.4 is 15.4 Å². The second-order valence-corrected chi connectivity index (χ2v) is 5.74. The molecule has 6 heteroatoms. The van der Waals surface area contributed by atoms with Crippen molar-refractivity contribution in [3.8, 4) is 5.88 Å². The first-order valence-corrected chi connectivity index (χ1v) is 7.17. The van der Waals surface area contributed by atoms with Gasteiger partial charge >= 0.3 is 0 Å². The number of hydrogen-bond acceptors (Lipinski definition) is 6. The summed E-state index contributed by atoms with van der Waals surface area (Å²) in [5.74, 6) is 1.22. The minimum Gasteiger partial charge on any atom is -0.473 e. The van der Waals surface area contributed by atoms with E-state index < -0.39 is 0 Å². The van der Waals surface area contributed by atoms with Gasteiger partial charge in [0.25, 0.3) is 0 Å². The van der Waals surface area contributed by atoms with Crippen LogP contribution in [0.4, 0.5) is 11.5 Å². The van der Waals surface area contributed by atoms with E-state index in [1.54, 1.807) is 0 Å². The largest absolute Gasteiger partial charge is 0.473 e. The van der Waals surface area contributed by atoms with Crippen molar-refractivity contribution in [2.24, 2.45) is 0 Å². The normalized spacial score (nSPS) is 19.6. The molecule has 1 aromatic rings. The number of rotatable bonds is 5. The van der Waals surface area contributed by atoms with Crippen molar-refractivity contribution >= 4 is 11.5 Å². The fraction of sp³-hybridized carbons (Fsp3) is 0.714. The van der Waals surface area contributed by atoms with Crippen LogP contribution in [0.15, 0.2) is 6.33 Å². The first-order valence-electron chi connectivity index (χ1n) is 7.17. The molecule has 2 N–H and O–H groups in total. The quantitative estimate of drug-likeness (QED) is 0.878. The van der Waals surface area contributed by atoms with Crippen molar-refractivity contribution in [2.45, 2.75) is 38.8 Å². The monoisotopic (exact) mass is 279 g/mol. The topological polar surface area (TPSA) is 67.5 Å². The molecule has 1 unspecified atom stereocenters. The fourth-order valence-electron chi connectivity index (χ4n) is 2.60. The van der Waals surface area contributed by atoms with Crippen LogP contribution in [-0.2, 0) is 0 Å². The molecule has 2 heterocycles. The zero-order chi connectivity index (χ0) is 14.7. The molecule has 1 aliphatic heterocycles. The highest BCUT2D eigenvalue weighted by atomic mass is 16.5. The number of aromatic nitrogens is 2. The first kappa shape index (κ1) is 14.8. The molecule has 2 rings (SSSR count). The Hall–Kier alpha value is -1.56. The highest BCUT2D eigenvalue weighted by Gasteiger charge is 2.24. The van der Waals surface area contributed by atoms with Gasteiger partial charge in [-0.05, 0) is 40.3 Å². The lowest BCUT2D eigenvalue weighted by atomic mass is 10.2. The number of likely N-dealkylation sites (tertiary alicyclic amines) is 1. The standard InChI is InChI=1S/C14H25N5O/c1-10(2)20-14-12(15)13(16-9-17-14)19(4)8-11-6-5-7-18(11)3/h9-11H,5-8,15H2,1-4H3. The van der Waals surface area contributed by atoms with Crippen LogP contribution in [0.2, 0.25) is 0 Å². The SMILES string of the molecule is CC(C)Oc1ncnc(N(C)CC2CCCN2C)c1N. The molecule has 0 amide bonds. The predicted octanol–water partition coefficient (Wildman–Crippen LogP) is 1.38. The predicted molar refractivity (Wildman–Crippen MR) is 81.1 cm³/mol. The summed E-state index contributed by atoms with van der Waals surface area (Å²) < 4.78 is 5.61. The number of likely N-dealkylation sites (N-methyl/N-ethyl adjacent to an activating group) is 2. The van der Waals surface area contributed by atoms with Crippen LogP contribution in [-0.4, -0.2) is 54.2 Å². The minimum absolute atomic E-state index is 0.0475. The van der Waals surface area contributed by atoms with Crippen molar-refractivity contribution in [2.75, 3.05) is 37.8 Å². The van der Waals surface area contributed by atoms with Gasteiger partial charge in [0, 0.05) is 19.6 Å². The van der Waals surface area contributed by atoms with Crippen LogP contribution in [0.25, 0.3) is 0 Å². The summed E-state index contributed by atoms with van der Waals surface area (Å²) in [5.41, 5.74) is 6.65. The van der Waals surface area contributed by atoms with Crippen LogP contribution in [0.1, 0.15) is 26.7 Å². The maximum Gasteiger partial charge on any atom is 0.242 e. The van der Waals surface area contributed by atoms with Crippen molar-refractivity contribution in [3.05, 3.63) is 6.33 Å². The number of nitrogens with two attached hydrogens (primary N) is 1. The van der Waals surface area contributed by atoms with E-state index in [1.807, 2.05) is 20.9 Å². The summed E-state index contributed by atoms with van der Waals surface area (Å²) in [7, 11) is 4.19. The molecule has 1 aromatic heterocycles. The van der Waals surface area contributed by atoms with Crippen LogP contribution in [0, 0.1) is 0 Å². The smallest absolute Gasteiger partial charge is 0.242 e. The third-order valence-electron chi connectivity index (χ3n) is 3.69. The van der Waals surface area contributed by atoms with Gasteiger partial charge in [0.05, 0.1) is 6.10 Å². The van der Waals surface area contributed by atoms with Gasteiger partial charge in [0.2, 0.25) is 5.88 Å². The van der Waals surface area contributed by atoms with E-state index in [4.69, 9.17) is 10.5 Å². The average Bonchev–Trinajstić information content (AvgIpc) is 2.77. The first-order chi connectivity index (χ1) is 9.49. The highest BCUT2D eigenvalue weighted by molar-refractivity contribution is 5.67. The van der Waals surface area contributed by atoms with Gasteiger partial charge in [-0.25, -0.2) is 4.98 Å². The number of anilines is 2. The maximum atomic E-state index is 6.14. The second kappa shape index (κ2) is 6.26. The average molecular weight is 279 g/mol. The Morgan fingerprint density at radius 2 is 2.25 bits per heavy atom. The molecule has 1 atom stereocenters. The van der Waals surface area contributed by atoms with Crippen molar-refractivity contribution in [1.82, 2.24) is 14.9 Å². The van der Waals surface area contributed by atoms with E-state index in [0.29, 0.717) is 17.6 Å². The molecule has 0 bridgehead atoms. The van der Waals surface area contributed by atoms with Crippen LogP contribution >= 0.6 is 0 Å². The summed E-state index contributed by atoms with van der Waals surface area (Å²) >= 11 is 0. The molecule has 0 radical (unpaired) electrons. The maximum absolute atomic E-state index is 6.14. The van der Waals surface area contributed by atoms with Gasteiger partial charge in [-0.15, -0.1) is 0 Å². The Balaban J connectivity index is 2.11. The highest BCUT2D eigenvalue weighted by Crippen LogP contribution is 2.28. The number of hydrogen-bond donors (Lipinski definition) is 1. The molecule has 1 saturated heterocycles. The summed E-state index contributed by atoms with van der Waals surface area (Å²) in [5, 5.41) is 0. The molecule has 1 fully saturated rings. The Morgan fingerprint density at radius 1 is 1.50 bits per heavy atom. The van der Waals surface area contributed by atoms with Gasteiger partial charge in [0.1, 0.15) is 12.0 Å². The summed E-state index contributed by atoms with van der Waals surface area (Å²) in [6.07, 6.45) is 4.04. The zero-order valence-corrected chi connectivity index (χ0v) is 12.8. The summed E-state index contributed by atoms with van der Waals surface area (Å²) in [4.78, 5) is 12.9. The second-order valence-electron chi connectivity index (χ2n) is 5.74. The molecule has 0 aliphatic carbocycles. The molecule has 0 spiro atoms. The van der Waals surface area contributed by atoms with E-state index >= 15 is 0 Å². The molecular formula is C14H25N5O. The minimum atomic E-state index is 0.0475. The molecule has 6 nitrogen and oxygen atoms in total. The van der Waals surface area contributed by atoms with E-state index in [2.05, 4.69) is 26.8 Å². The van der Waals surface area contributed by atoms with Crippen LogP contribution in [0.5, 0.6) is 5.88 Å². The lowest BCUT2D eigenvalue weighted by Crippen LogP contribution is -2.37. The lowest BCUT2D eigenvalue weighted by Gasteiger charge is -2.27. The third kappa shape index (κ3) is 3.30. The Morgan fingerprint density at radius 3 is 2.85 bits per heavy atom. The van der Waals surface area contributed by atoms with Gasteiger partial charge in [-0.2, -0.15) is 4.98 Å². The molecule has 1 aliphatic rings. The Labute approximate surface area is 120 Å². The molecule has 0 saturated carbocycles. The fourth-order valence-corrected chi connectivity index (χ4v) is 2.60. The van der Waals surface area contributed by atoms with Crippen LogP contribution in [0.3, 0.4) is 0 Å². The summed E-state index contributed by atoms with van der Waals surface area (Å²) in [6, 6.07) is 0.559. The Bertz CT molecular complexity index is 451. The molecule has 20 heavy (non-hydrogen) atoms. The third-order valence-corrected chi connectivity index (χ3v) is 3.69. The summed E-state index contributed by atoms with van der Waals surface area (Å²) in [6.45, 7) is 6.00. The Kier molecular flexibility index (Phi) is 4.65. The molecule has 112 valence electrons. The zero-order valence-electron chi connectivity index (χ0n) is 12.8. The number of ether oxygens (including phenoxy) is 1. The van der Waals surface area contributed by atoms with Gasteiger partial charge < -0.3 is 20.3 Å².